The van der Waals surface area contributed by atoms with Gasteiger partial charge in [-0.3, -0.25) is 0 Å². The van der Waals surface area contributed by atoms with E-state index in [0.717, 1.165) is 18.7 Å². The molecule has 1 heterocycles. The Kier molecular flexibility index (Phi) is 4.06. The van der Waals surface area contributed by atoms with Gasteiger partial charge in [0.05, 0.1) is 7.11 Å². The lowest BCUT2D eigenvalue weighted by Crippen LogP contribution is -2.49. The van der Waals surface area contributed by atoms with Gasteiger partial charge in [0.25, 0.3) is 0 Å². The molecule has 1 unspecified atom stereocenters. The van der Waals surface area contributed by atoms with E-state index in [-0.39, 0.29) is 0 Å². The summed E-state index contributed by atoms with van der Waals surface area (Å²) in [6.45, 7) is 3.45. The Labute approximate surface area is 104 Å². The molecular formula is C15H23NO. The van der Waals surface area contributed by atoms with Crippen LogP contribution in [-0.4, -0.2) is 19.2 Å². The van der Waals surface area contributed by atoms with Crippen LogP contribution in [0.1, 0.15) is 38.2 Å². The van der Waals surface area contributed by atoms with Gasteiger partial charge in [0, 0.05) is 5.54 Å². The van der Waals surface area contributed by atoms with Crippen molar-refractivity contribution in [3.05, 3.63) is 29.8 Å². The Bertz CT molecular complexity index is 356. The van der Waals surface area contributed by atoms with Crippen LogP contribution in [-0.2, 0) is 6.42 Å². The van der Waals surface area contributed by atoms with Crippen LogP contribution >= 0.6 is 0 Å². The summed E-state index contributed by atoms with van der Waals surface area (Å²) >= 11 is 0. The van der Waals surface area contributed by atoms with E-state index < -0.39 is 0 Å². The van der Waals surface area contributed by atoms with Crippen molar-refractivity contribution in [2.24, 2.45) is 0 Å². The van der Waals surface area contributed by atoms with E-state index in [1.165, 1.54) is 31.2 Å². The van der Waals surface area contributed by atoms with Crippen molar-refractivity contribution in [2.45, 2.75) is 44.6 Å². The normalized spacial score (nSPS) is 24.6. The number of rotatable bonds is 4. The van der Waals surface area contributed by atoms with Gasteiger partial charge in [0.2, 0.25) is 0 Å². The van der Waals surface area contributed by atoms with E-state index >= 15 is 0 Å². The minimum absolute atomic E-state index is 0.310. The van der Waals surface area contributed by atoms with E-state index in [9.17, 15) is 0 Å². The summed E-state index contributed by atoms with van der Waals surface area (Å²) in [5.74, 6) is 0.963. The quantitative estimate of drug-likeness (QED) is 0.862. The SMILES string of the molecule is CCC1(Cc2cccc(OC)c2)CCCCN1. The van der Waals surface area contributed by atoms with Gasteiger partial charge in [-0.25, -0.2) is 0 Å². The zero-order valence-electron chi connectivity index (χ0n) is 11.0. The van der Waals surface area contributed by atoms with Gasteiger partial charge in [0.15, 0.2) is 0 Å². The Balaban J connectivity index is 2.11. The van der Waals surface area contributed by atoms with Crippen molar-refractivity contribution < 1.29 is 4.74 Å². The third kappa shape index (κ3) is 3.01. The third-order valence-electron chi connectivity index (χ3n) is 3.94. The number of ether oxygens (including phenoxy) is 1. The maximum atomic E-state index is 5.29. The molecule has 0 bridgehead atoms. The standard InChI is InChI=1S/C15H23NO/c1-3-15(9-4-5-10-16-15)12-13-7-6-8-14(11-13)17-2/h6-8,11,16H,3-5,9-10,12H2,1-2H3. The summed E-state index contributed by atoms with van der Waals surface area (Å²) in [7, 11) is 1.73. The molecule has 1 aromatic rings. The number of methoxy groups -OCH3 is 1. The van der Waals surface area contributed by atoms with Crippen LogP contribution in [0.15, 0.2) is 24.3 Å². The van der Waals surface area contributed by atoms with Crippen molar-refractivity contribution >= 4 is 0 Å². The highest BCUT2D eigenvalue weighted by Crippen LogP contribution is 2.28. The topological polar surface area (TPSA) is 21.3 Å². The van der Waals surface area contributed by atoms with Crippen LogP contribution in [0, 0.1) is 0 Å². The monoisotopic (exact) mass is 233 g/mol. The summed E-state index contributed by atoms with van der Waals surface area (Å²) in [6.07, 6.45) is 6.27. The van der Waals surface area contributed by atoms with E-state index in [4.69, 9.17) is 4.74 Å². The van der Waals surface area contributed by atoms with Gasteiger partial charge in [0.1, 0.15) is 5.75 Å². The Morgan fingerprint density at radius 1 is 1.35 bits per heavy atom. The second-order valence-corrected chi connectivity index (χ2v) is 5.05. The molecule has 0 radical (unpaired) electrons. The Morgan fingerprint density at radius 3 is 2.88 bits per heavy atom. The molecule has 17 heavy (non-hydrogen) atoms. The van der Waals surface area contributed by atoms with Crippen molar-refractivity contribution in [3.8, 4) is 5.75 Å². The number of nitrogens with one attached hydrogen (secondary N) is 1. The highest BCUT2D eigenvalue weighted by Gasteiger charge is 2.29. The van der Waals surface area contributed by atoms with Crippen molar-refractivity contribution in [1.29, 1.82) is 0 Å². The molecule has 0 amide bonds. The van der Waals surface area contributed by atoms with Crippen LogP contribution in [0.5, 0.6) is 5.75 Å². The largest absolute Gasteiger partial charge is 0.497 e. The van der Waals surface area contributed by atoms with Gasteiger partial charge in [-0.1, -0.05) is 25.5 Å². The van der Waals surface area contributed by atoms with Crippen LogP contribution in [0.25, 0.3) is 0 Å². The molecule has 0 aliphatic carbocycles. The summed E-state index contributed by atoms with van der Waals surface area (Å²) < 4.78 is 5.29. The molecule has 2 heteroatoms. The first kappa shape index (κ1) is 12.4. The molecule has 0 spiro atoms. The maximum Gasteiger partial charge on any atom is 0.119 e. The summed E-state index contributed by atoms with van der Waals surface area (Å²) in [5.41, 5.74) is 1.69. The molecule has 1 N–H and O–H groups in total. The summed E-state index contributed by atoms with van der Waals surface area (Å²) in [6, 6.07) is 8.46. The molecule has 0 saturated carbocycles. The highest BCUT2D eigenvalue weighted by molar-refractivity contribution is 5.29. The number of hydrogen-bond acceptors (Lipinski definition) is 2. The first-order chi connectivity index (χ1) is 8.28. The Morgan fingerprint density at radius 2 is 2.24 bits per heavy atom. The molecular weight excluding hydrogens is 210 g/mol. The van der Waals surface area contributed by atoms with Gasteiger partial charge in [-0.05, 0) is 49.9 Å². The van der Waals surface area contributed by atoms with Crippen LogP contribution in [0.3, 0.4) is 0 Å². The van der Waals surface area contributed by atoms with Crippen LogP contribution in [0.4, 0.5) is 0 Å². The van der Waals surface area contributed by atoms with Crippen molar-refractivity contribution in [3.63, 3.8) is 0 Å². The fourth-order valence-electron chi connectivity index (χ4n) is 2.78. The van der Waals surface area contributed by atoms with Gasteiger partial charge >= 0.3 is 0 Å². The smallest absolute Gasteiger partial charge is 0.119 e. The van der Waals surface area contributed by atoms with E-state index in [1.54, 1.807) is 7.11 Å². The third-order valence-corrected chi connectivity index (χ3v) is 3.94. The van der Waals surface area contributed by atoms with E-state index in [1.807, 2.05) is 6.07 Å². The molecule has 1 aliphatic rings. The molecule has 0 aromatic heterocycles. The van der Waals surface area contributed by atoms with E-state index in [2.05, 4.69) is 30.4 Å². The Hall–Kier alpha value is -1.02. The van der Waals surface area contributed by atoms with Crippen molar-refractivity contribution in [1.82, 2.24) is 5.32 Å². The predicted octanol–water partition coefficient (Wildman–Crippen LogP) is 3.16. The number of hydrogen-bond donors (Lipinski definition) is 1. The molecule has 1 saturated heterocycles. The molecule has 2 rings (SSSR count). The van der Waals surface area contributed by atoms with Crippen LogP contribution < -0.4 is 10.1 Å². The summed E-state index contributed by atoms with van der Waals surface area (Å²) in [4.78, 5) is 0. The first-order valence-corrected chi connectivity index (χ1v) is 6.66. The lowest BCUT2D eigenvalue weighted by atomic mass is 9.81. The average Bonchev–Trinajstić information content (AvgIpc) is 2.40. The number of benzene rings is 1. The van der Waals surface area contributed by atoms with Crippen molar-refractivity contribution in [2.75, 3.05) is 13.7 Å². The number of piperidine rings is 1. The minimum atomic E-state index is 0.310. The van der Waals surface area contributed by atoms with Gasteiger partial charge < -0.3 is 10.1 Å². The molecule has 1 aliphatic heterocycles. The summed E-state index contributed by atoms with van der Waals surface area (Å²) in [5, 5.41) is 3.73. The minimum Gasteiger partial charge on any atom is -0.497 e. The van der Waals surface area contributed by atoms with Gasteiger partial charge in [-0.15, -0.1) is 0 Å². The molecule has 2 nitrogen and oxygen atoms in total. The zero-order chi connectivity index (χ0) is 12.1. The lowest BCUT2D eigenvalue weighted by Gasteiger charge is -2.38. The van der Waals surface area contributed by atoms with E-state index in [0.29, 0.717) is 5.54 Å². The molecule has 1 fully saturated rings. The fraction of sp³-hybridized carbons (Fsp3) is 0.600. The fourth-order valence-corrected chi connectivity index (χ4v) is 2.78. The molecule has 1 atom stereocenters. The molecule has 94 valence electrons. The zero-order valence-corrected chi connectivity index (χ0v) is 11.0. The highest BCUT2D eigenvalue weighted by atomic mass is 16.5. The predicted molar refractivity (Wildman–Crippen MR) is 71.6 cm³/mol. The van der Waals surface area contributed by atoms with Crippen LogP contribution in [0.2, 0.25) is 0 Å². The maximum absolute atomic E-state index is 5.29. The first-order valence-electron chi connectivity index (χ1n) is 6.66. The molecule has 1 aromatic carbocycles. The van der Waals surface area contributed by atoms with Gasteiger partial charge in [-0.2, -0.15) is 0 Å². The second-order valence-electron chi connectivity index (χ2n) is 5.05. The average molecular weight is 233 g/mol. The second kappa shape index (κ2) is 5.54. The lowest BCUT2D eigenvalue weighted by molar-refractivity contribution is 0.243.